The first-order valence-corrected chi connectivity index (χ1v) is 5.65. The minimum atomic E-state index is 0.0183. The molecule has 0 spiro atoms. The van der Waals surface area contributed by atoms with Gasteiger partial charge in [0.2, 0.25) is 0 Å². The van der Waals surface area contributed by atoms with Crippen molar-refractivity contribution in [3.05, 3.63) is 10.6 Å². The van der Waals surface area contributed by atoms with Crippen LogP contribution >= 0.6 is 11.6 Å². The highest BCUT2D eigenvalue weighted by Gasteiger charge is 2.36. The number of allylic oxidation sites excluding steroid dienone is 1. The van der Waals surface area contributed by atoms with Gasteiger partial charge in [-0.15, -0.1) is 0 Å². The van der Waals surface area contributed by atoms with Crippen LogP contribution in [0.15, 0.2) is 10.6 Å². The van der Waals surface area contributed by atoms with Crippen molar-refractivity contribution in [2.45, 2.75) is 46.1 Å². The molecule has 80 valence electrons. The highest BCUT2D eigenvalue weighted by Crippen LogP contribution is 2.28. The molecule has 1 N–H and O–H groups in total. The van der Waals surface area contributed by atoms with Crippen LogP contribution in [0.2, 0.25) is 0 Å². The summed E-state index contributed by atoms with van der Waals surface area (Å²) in [5.41, 5.74) is 0.815. The Balaban J connectivity index is 2.67. The largest absolute Gasteiger partial charge is 0.345 e. The van der Waals surface area contributed by atoms with E-state index in [9.17, 15) is 4.79 Å². The van der Waals surface area contributed by atoms with Crippen LogP contribution < -0.4 is 5.32 Å². The normalized spacial score (nSPS) is 24.6. The number of hydrogen-bond donors (Lipinski definition) is 1. The summed E-state index contributed by atoms with van der Waals surface area (Å²) in [5.74, 6) is 0.447. The van der Waals surface area contributed by atoms with E-state index in [2.05, 4.69) is 26.1 Å². The van der Waals surface area contributed by atoms with Crippen molar-refractivity contribution in [3.63, 3.8) is 0 Å². The van der Waals surface area contributed by atoms with E-state index in [1.54, 1.807) is 0 Å². The SMILES string of the molecule is CCCC/C(Cl)=C1\C(=O)NC1C(C)C. The van der Waals surface area contributed by atoms with Crippen molar-refractivity contribution < 1.29 is 4.79 Å². The van der Waals surface area contributed by atoms with Gasteiger partial charge in [0.25, 0.3) is 5.91 Å². The molecule has 0 aliphatic carbocycles. The first kappa shape index (κ1) is 11.6. The van der Waals surface area contributed by atoms with Crippen LogP contribution in [-0.4, -0.2) is 11.9 Å². The molecule has 1 fully saturated rings. The van der Waals surface area contributed by atoms with E-state index >= 15 is 0 Å². The summed E-state index contributed by atoms with van der Waals surface area (Å²) in [6.07, 6.45) is 3.00. The van der Waals surface area contributed by atoms with Gasteiger partial charge in [0.1, 0.15) is 0 Å². The molecule has 1 rings (SSSR count). The van der Waals surface area contributed by atoms with Crippen molar-refractivity contribution in [2.24, 2.45) is 5.92 Å². The van der Waals surface area contributed by atoms with Crippen LogP contribution in [0.4, 0.5) is 0 Å². The summed E-state index contributed by atoms with van der Waals surface area (Å²) >= 11 is 6.11. The van der Waals surface area contributed by atoms with E-state index in [1.165, 1.54) is 0 Å². The summed E-state index contributed by atoms with van der Waals surface area (Å²) in [6, 6.07) is 0.173. The molecule has 14 heavy (non-hydrogen) atoms. The van der Waals surface area contributed by atoms with Gasteiger partial charge in [-0.25, -0.2) is 0 Å². The molecular formula is C11H18ClNO. The molecule has 3 heteroatoms. The quantitative estimate of drug-likeness (QED) is 0.567. The van der Waals surface area contributed by atoms with Crippen molar-refractivity contribution >= 4 is 17.5 Å². The molecule has 2 nitrogen and oxygen atoms in total. The molecule has 1 aliphatic heterocycles. The number of halogens is 1. The van der Waals surface area contributed by atoms with Gasteiger partial charge in [0, 0.05) is 5.03 Å². The second-order valence-electron chi connectivity index (χ2n) is 4.12. The zero-order valence-electron chi connectivity index (χ0n) is 9.06. The van der Waals surface area contributed by atoms with Gasteiger partial charge in [-0.1, -0.05) is 38.8 Å². The van der Waals surface area contributed by atoms with Gasteiger partial charge in [-0.3, -0.25) is 4.79 Å². The Bertz CT molecular complexity index is 258. The fraction of sp³-hybridized carbons (Fsp3) is 0.727. The van der Waals surface area contributed by atoms with Crippen molar-refractivity contribution in [3.8, 4) is 0 Å². The van der Waals surface area contributed by atoms with Gasteiger partial charge >= 0.3 is 0 Å². The topological polar surface area (TPSA) is 29.1 Å². The van der Waals surface area contributed by atoms with Crippen molar-refractivity contribution in [2.75, 3.05) is 0 Å². The van der Waals surface area contributed by atoms with E-state index in [0.717, 1.165) is 29.9 Å². The molecule has 1 amide bonds. The molecule has 0 saturated carbocycles. The minimum Gasteiger partial charge on any atom is -0.345 e. The molecule has 1 heterocycles. The Labute approximate surface area is 90.7 Å². The summed E-state index contributed by atoms with van der Waals surface area (Å²) < 4.78 is 0. The average molecular weight is 216 g/mol. The molecule has 0 aromatic heterocycles. The van der Waals surface area contributed by atoms with Gasteiger partial charge < -0.3 is 5.32 Å². The zero-order chi connectivity index (χ0) is 10.7. The monoisotopic (exact) mass is 215 g/mol. The van der Waals surface area contributed by atoms with E-state index in [1.807, 2.05) is 0 Å². The van der Waals surface area contributed by atoms with Crippen LogP contribution in [0.25, 0.3) is 0 Å². The highest BCUT2D eigenvalue weighted by atomic mass is 35.5. The first-order valence-electron chi connectivity index (χ1n) is 5.27. The molecule has 1 aliphatic rings. The molecular weight excluding hydrogens is 198 g/mol. The summed E-state index contributed by atoms with van der Waals surface area (Å²) in [6.45, 7) is 6.30. The molecule has 0 bridgehead atoms. The second kappa shape index (κ2) is 4.83. The maximum atomic E-state index is 11.3. The van der Waals surface area contributed by atoms with E-state index in [4.69, 9.17) is 11.6 Å². The Hall–Kier alpha value is -0.500. The maximum absolute atomic E-state index is 11.3. The standard InChI is InChI=1S/C11H18ClNO/c1-4-5-6-8(12)9-10(7(2)3)13-11(9)14/h7,10H,4-6H2,1-3H3,(H,13,14)/b9-8+. The smallest absolute Gasteiger partial charge is 0.250 e. The van der Waals surface area contributed by atoms with Gasteiger partial charge in [0.15, 0.2) is 0 Å². The van der Waals surface area contributed by atoms with E-state index in [-0.39, 0.29) is 11.9 Å². The first-order chi connectivity index (χ1) is 6.57. The minimum absolute atomic E-state index is 0.0183. The third-order valence-corrected chi connectivity index (χ3v) is 2.94. The third kappa shape index (κ3) is 2.30. The number of nitrogens with one attached hydrogen (secondary N) is 1. The number of rotatable bonds is 4. The Kier molecular flexibility index (Phi) is 3.99. The summed E-state index contributed by atoms with van der Waals surface area (Å²) in [5, 5.41) is 3.63. The lowest BCUT2D eigenvalue weighted by molar-refractivity contribution is -0.123. The maximum Gasteiger partial charge on any atom is 0.250 e. The van der Waals surface area contributed by atoms with E-state index < -0.39 is 0 Å². The van der Waals surface area contributed by atoms with Crippen molar-refractivity contribution in [1.29, 1.82) is 0 Å². The summed E-state index contributed by atoms with van der Waals surface area (Å²) in [7, 11) is 0. The van der Waals surface area contributed by atoms with Crippen LogP contribution in [0, 0.1) is 5.92 Å². The molecule has 0 aromatic carbocycles. The average Bonchev–Trinajstić information content (AvgIpc) is 2.10. The van der Waals surface area contributed by atoms with Gasteiger partial charge in [-0.2, -0.15) is 0 Å². The van der Waals surface area contributed by atoms with Crippen molar-refractivity contribution in [1.82, 2.24) is 5.32 Å². The number of carbonyl (C=O) groups excluding carboxylic acids is 1. The number of amides is 1. The fourth-order valence-electron chi connectivity index (χ4n) is 1.61. The van der Waals surface area contributed by atoms with E-state index in [0.29, 0.717) is 5.92 Å². The van der Waals surface area contributed by atoms with Crippen LogP contribution in [0.5, 0.6) is 0 Å². The highest BCUT2D eigenvalue weighted by molar-refractivity contribution is 6.32. The lowest BCUT2D eigenvalue weighted by atomic mass is 9.87. The predicted octanol–water partition coefficient (Wildman–Crippen LogP) is 2.82. The van der Waals surface area contributed by atoms with Crippen LogP contribution in [0.1, 0.15) is 40.0 Å². The Morgan fingerprint density at radius 2 is 2.21 bits per heavy atom. The molecule has 1 unspecified atom stereocenters. The van der Waals surface area contributed by atoms with Gasteiger partial charge in [0.05, 0.1) is 11.6 Å². The molecule has 1 saturated heterocycles. The van der Waals surface area contributed by atoms with Gasteiger partial charge in [-0.05, 0) is 18.8 Å². The second-order valence-corrected chi connectivity index (χ2v) is 4.57. The Morgan fingerprint density at radius 3 is 2.64 bits per heavy atom. The molecule has 0 radical (unpaired) electrons. The fourth-order valence-corrected chi connectivity index (χ4v) is 1.95. The molecule has 1 atom stereocenters. The van der Waals surface area contributed by atoms with Crippen LogP contribution in [-0.2, 0) is 4.79 Å². The number of unbranched alkanes of at least 4 members (excludes halogenated alkanes) is 1. The zero-order valence-corrected chi connectivity index (χ0v) is 9.82. The summed E-state index contributed by atoms with van der Waals surface area (Å²) in [4.78, 5) is 11.3. The third-order valence-electron chi connectivity index (χ3n) is 2.55. The lowest BCUT2D eigenvalue weighted by Gasteiger charge is -2.34. The number of hydrogen-bond acceptors (Lipinski definition) is 1. The predicted molar refractivity (Wildman–Crippen MR) is 59.2 cm³/mol. The number of carbonyl (C=O) groups is 1. The Morgan fingerprint density at radius 1 is 1.57 bits per heavy atom. The molecule has 0 aromatic rings. The number of β-lactam (4-membered cyclic amide) rings is 1. The van der Waals surface area contributed by atoms with Crippen LogP contribution in [0.3, 0.4) is 0 Å². The lowest BCUT2D eigenvalue weighted by Crippen LogP contribution is -2.54.